The van der Waals surface area contributed by atoms with Crippen molar-refractivity contribution in [2.75, 3.05) is 13.7 Å². The highest BCUT2D eigenvalue weighted by Crippen LogP contribution is 2.24. The molecule has 3 nitrogen and oxygen atoms in total. The molecule has 0 bridgehead atoms. The monoisotopic (exact) mass is 223 g/mol. The van der Waals surface area contributed by atoms with Gasteiger partial charge in [-0.1, -0.05) is 12.1 Å². The Labute approximate surface area is 97.4 Å². The number of hydrogen-bond donors (Lipinski definition) is 2. The van der Waals surface area contributed by atoms with Crippen LogP contribution in [0.4, 0.5) is 0 Å². The second-order valence-corrected chi connectivity index (χ2v) is 4.24. The van der Waals surface area contributed by atoms with Crippen LogP contribution in [0.15, 0.2) is 18.2 Å². The molecule has 0 fully saturated rings. The average molecular weight is 223 g/mol. The minimum absolute atomic E-state index is 0.123. The highest BCUT2D eigenvalue weighted by atomic mass is 16.5. The van der Waals surface area contributed by atoms with Crippen LogP contribution >= 0.6 is 0 Å². The molecule has 0 spiro atoms. The lowest BCUT2D eigenvalue weighted by atomic mass is 10.0. The minimum atomic E-state index is 0.123. The molecule has 0 amide bonds. The zero-order chi connectivity index (χ0) is 12.1. The Morgan fingerprint density at radius 3 is 2.62 bits per heavy atom. The molecular formula is C13H21NO2. The molecule has 90 valence electrons. The van der Waals surface area contributed by atoms with Gasteiger partial charge < -0.3 is 15.2 Å². The van der Waals surface area contributed by atoms with Gasteiger partial charge in [-0.05, 0) is 32.4 Å². The zero-order valence-electron chi connectivity index (χ0n) is 10.4. The van der Waals surface area contributed by atoms with Crippen molar-refractivity contribution >= 4 is 0 Å². The van der Waals surface area contributed by atoms with Gasteiger partial charge in [0.15, 0.2) is 0 Å². The van der Waals surface area contributed by atoms with Crippen LogP contribution in [-0.2, 0) is 4.74 Å². The Kier molecular flexibility index (Phi) is 4.77. The van der Waals surface area contributed by atoms with Crippen LogP contribution in [0.2, 0.25) is 0 Å². The fraction of sp³-hybridized carbons (Fsp3) is 0.538. The van der Waals surface area contributed by atoms with Crippen LogP contribution < -0.4 is 5.32 Å². The van der Waals surface area contributed by atoms with Crippen molar-refractivity contribution in [2.45, 2.75) is 32.9 Å². The summed E-state index contributed by atoms with van der Waals surface area (Å²) in [5.74, 6) is 0.352. The van der Waals surface area contributed by atoms with Crippen LogP contribution in [-0.4, -0.2) is 24.9 Å². The second kappa shape index (κ2) is 5.87. The topological polar surface area (TPSA) is 41.5 Å². The maximum Gasteiger partial charge on any atom is 0.120 e. The predicted octanol–water partition coefficient (Wildman–Crippen LogP) is 2.39. The molecule has 0 aliphatic rings. The van der Waals surface area contributed by atoms with Crippen molar-refractivity contribution in [3.05, 3.63) is 29.3 Å². The van der Waals surface area contributed by atoms with Crippen molar-refractivity contribution in [1.29, 1.82) is 0 Å². The first-order valence-corrected chi connectivity index (χ1v) is 5.60. The van der Waals surface area contributed by atoms with E-state index in [1.807, 2.05) is 32.9 Å². The number of aromatic hydroxyl groups is 1. The van der Waals surface area contributed by atoms with Gasteiger partial charge in [-0.2, -0.15) is 0 Å². The van der Waals surface area contributed by atoms with Gasteiger partial charge in [0, 0.05) is 25.3 Å². The summed E-state index contributed by atoms with van der Waals surface area (Å²) in [6, 6.07) is 5.87. The smallest absolute Gasteiger partial charge is 0.120 e. The largest absolute Gasteiger partial charge is 0.508 e. The summed E-state index contributed by atoms with van der Waals surface area (Å²) in [7, 11) is 1.69. The van der Waals surface area contributed by atoms with E-state index in [2.05, 4.69) is 5.32 Å². The standard InChI is InChI=1S/C13H21NO2/c1-9-5-6-12(13(15)7-9)11(3)14-8-10(2)16-4/h5-7,10-11,14-15H,8H2,1-4H3. The van der Waals surface area contributed by atoms with Gasteiger partial charge in [-0.25, -0.2) is 0 Å². The van der Waals surface area contributed by atoms with Gasteiger partial charge in [0.25, 0.3) is 0 Å². The quantitative estimate of drug-likeness (QED) is 0.805. The Bertz CT molecular complexity index is 339. The fourth-order valence-electron chi connectivity index (χ4n) is 1.56. The normalized spacial score (nSPS) is 14.8. The van der Waals surface area contributed by atoms with E-state index in [0.29, 0.717) is 5.75 Å². The van der Waals surface area contributed by atoms with Crippen molar-refractivity contribution in [3.63, 3.8) is 0 Å². The van der Waals surface area contributed by atoms with Crippen LogP contribution in [0.25, 0.3) is 0 Å². The van der Waals surface area contributed by atoms with Gasteiger partial charge in [-0.15, -0.1) is 0 Å². The van der Waals surface area contributed by atoms with Gasteiger partial charge >= 0.3 is 0 Å². The lowest BCUT2D eigenvalue weighted by molar-refractivity contribution is 0.115. The van der Waals surface area contributed by atoms with Gasteiger partial charge in [0.1, 0.15) is 5.75 Å². The summed E-state index contributed by atoms with van der Waals surface area (Å²) < 4.78 is 5.16. The van der Waals surface area contributed by atoms with Crippen molar-refractivity contribution < 1.29 is 9.84 Å². The van der Waals surface area contributed by atoms with Gasteiger partial charge in [0.2, 0.25) is 0 Å². The summed E-state index contributed by atoms with van der Waals surface area (Å²) in [4.78, 5) is 0. The summed E-state index contributed by atoms with van der Waals surface area (Å²) in [6.45, 7) is 6.78. The summed E-state index contributed by atoms with van der Waals surface area (Å²) in [6.07, 6.45) is 0.176. The molecule has 1 aromatic rings. The van der Waals surface area contributed by atoms with E-state index in [-0.39, 0.29) is 12.1 Å². The minimum Gasteiger partial charge on any atom is -0.508 e. The van der Waals surface area contributed by atoms with E-state index in [4.69, 9.17) is 4.74 Å². The first kappa shape index (κ1) is 13.0. The third-order valence-corrected chi connectivity index (χ3v) is 2.77. The Morgan fingerprint density at radius 1 is 1.38 bits per heavy atom. The molecule has 0 saturated carbocycles. The molecule has 0 aromatic heterocycles. The molecule has 16 heavy (non-hydrogen) atoms. The number of nitrogens with one attached hydrogen (secondary N) is 1. The highest BCUT2D eigenvalue weighted by Gasteiger charge is 2.10. The predicted molar refractivity (Wildman–Crippen MR) is 65.7 cm³/mol. The maximum atomic E-state index is 9.81. The molecule has 1 rings (SSSR count). The first-order valence-electron chi connectivity index (χ1n) is 5.60. The Balaban J connectivity index is 2.62. The van der Waals surface area contributed by atoms with Gasteiger partial charge in [-0.3, -0.25) is 0 Å². The van der Waals surface area contributed by atoms with E-state index < -0.39 is 0 Å². The van der Waals surface area contributed by atoms with E-state index in [1.54, 1.807) is 13.2 Å². The molecule has 0 saturated heterocycles. The molecule has 0 aliphatic heterocycles. The first-order chi connectivity index (χ1) is 7.54. The number of benzene rings is 1. The molecule has 0 radical (unpaired) electrons. The van der Waals surface area contributed by atoms with E-state index in [9.17, 15) is 5.11 Å². The van der Waals surface area contributed by atoms with E-state index >= 15 is 0 Å². The fourth-order valence-corrected chi connectivity index (χ4v) is 1.56. The Morgan fingerprint density at radius 2 is 2.06 bits per heavy atom. The number of hydrogen-bond acceptors (Lipinski definition) is 3. The number of methoxy groups -OCH3 is 1. The third-order valence-electron chi connectivity index (χ3n) is 2.77. The summed E-state index contributed by atoms with van der Waals surface area (Å²) in [5, 5.41) is 13.1. The second-order valence-electron chi connectivity index (χ2n) is 4.24. The molecule has 2 atom stereocenters. The van der Waals surface area contributed by atoms with Crippen LogP contribution in [0.5, 0.6) is 5.75 Å². The number of aryl methyl sites for hydroxylation is 1. The molecule has 0 aliphatic carbocycles. The lowest BCUT2D eigenvalue weighted by Gasteiger charge is -2.18. The summed E-state index contributed by atoms with van der Waals surface area (Å²) >= 11 is 0. The van der Waals surface area contributed by atoms with E-state index in [0.717, 1.165) is 17.7 Å². The van der Waals surface area contributed by atoms with E-state index in [1.165, 1.54) is 0 Å². The number of rotatable bonds is 5. The SMILES string of the molecule is COC(C)CNC(C)c1ccc(C)cc1O. The third kappa shape index (κ3) is 3.51. The number of phenolic OH excluding ortho intramolecular Hbond substituents is 1. The van der Waals surface area contributed by atoms with Crippen molar-refractivity contribution in [3.8, 4) is 5.75 Å². The zero-order valence-corrected chi connectivity index (χ0v) is 10.4. The van der Waals surface area contributed by atoms with Crippen LogP contribution in [0.1, 0.15) is 31.0 Å². The molecule has 2 N–H and O–H groups in total. The number of phenols is 1. The van der Waals surface area contributed by atoms with Crippen molar-refractivity contribution in [1.82, 2.24) is 5.32 Å². The highest BCUT2D eigenvalue weighted by molar-refractivity contribution is 5.37. The number of ether oxygens (including phenoxy) is 1. The summed E-state index contributed by atoms with van der Waals surface area (Å²) in [5.41, 5.74) is 1.99. The molecule has 3 heteroatoms. The molecule has 2 unspecified atom stereocenters. The Hall–Kier alpha value is -1.06. The van der Waals surface area contributed by atoms with Crippen LogP contribution in [0.3, 0.4) is 0 Å². The van der Waals surface area contributed by atoms with Crippen LogP contribution in [0, 0.1) is 6.92 Å². The maximum absolute atomic E-state index is 9.81. The molecule has 0 heterocycles. The lowest BCUT2D eigenvalue weighted by Crippen LogP contribution is -2.28. The molecular weight excluding hydrogens is 202 g/mol. The van der Waals surface area contributed by atoms with Crippen molar-refractivity contribution in [2.24, 2.45) is 0 Å². The molecule has 1 aromatic carbocycles. The average Bonchev–Trinajstić information content (AvgIpc) is 2.25. The van der Waals surface area contributed by atoms with Gasteiger partial charge in [0.05, 0.1) is 6.10 Å².